The molecule has 21 heavy (non-hydrogen) atoms. The lowest BCUT2D eigenvalue weighted by Gasteiger charge is -2.21. The Hall–Kier alpha value is -1.36. The fourth-order valence-electron chi connectivity index (χ4n) is 4.20. The Morgan fingerprint density at radius 1 is 1.43 bits per heavy atom. The Bertz CT molecular complexity index is 520. The van der Waals surface area contributed by atoms with Crippen molar-refractivity contribution in [3.8, 4) is 0 Å². The minimum absolute atomic E-state index is 0.151. The third kappa shape index (κ3) is 2.59. The molecule has 1 amide bonds. The number of nitrogens with zero attached hydrogens (tertiary/aromatic N) is 2. The molecule has 4 atom stereocenters. The molecule has 0 spiro atoms. The molecule has 1 aromatic rings. The molecule has 4 unspecified atom stereocenters. The minimum atomic E-state index is 0.151. The van der Waals surface area contributed by atoms with Gasteiger partial charge in [-0.2, -0.15) is 0 Å². The van der Waals surface area contributed by atoms with Crippen molar-refractivity contribution in [1.82, 2.24) is 10.1 Å². The van der Waals surface area contributed by atoms with Gasteiger partial charge in [-0.25, -0.2) is 0 Å². The third-order valence-electron chi connectivity index (χ3n) is 5.33. The SMILES string of the molecule is Cc1noc(C)c1C(C)CC(=O)N1CC2CCC(N)C2C1. The fraction of sp³-hybridized carbons (Fsp3) is 0.750. The number of hydrogen-bond donors (Lipinski definition) is 1. The van der Waals surface area contributed by atoms with Gasteiger partial charge in [0.2, 0.25) is 5.91 Å². The normalized spacial score (nSPS) is 29.7. The Labute approximate surface area is 125 Å². The maximum Gasteiger partial charge on any atom is 0.223 e. The molecule has 116 valence electrons. The number of amides is 1. The van der Waals surface area contributed by atoms with Crippen molar-refractivity contribution in [3.05, 3.63) is 17.0 Å². The summed E-state index contributed by atoms with van der Waals surface area (Å²) in [4.78, 5) is 14.6. The highest BCUT2D eigenvalue weighted by molar-refractivity contribution is 5.77. The van der Waals surface area contributed by atoms with Gasteiger partial charge in [-0.3, -0.25) is 4.79 Å². The first-order valence-corrected chi connectivity index (χ1v) is 7.93. The average Bonchev–Trinajstić information content (AvgIpc) is 3.07. The van der Waals surface area contributed by atoms with Crippen molar-refractivity contribution in [2.24, 2.45) is 17.6 Å². The predicted octanol–water partition coefficient (Wildman–Crippen LogP) is 1.98. The van der Waals surface area contributed by atoms with E-state index in [0.29, 0.717) is 18.3 Å². The highest BCUT2D eigenvalue weighted by atomic mass is 16.5. The number of fused-ring (bicyclic) bond motifs is 1. The first kappa shape index (κ1) is 14.6. The molecule has 2 heterocycles. The Balaban J connectivity index is 1.62. The monoisotopic (exact) mass is 291 g/mol. The first-order valence-electron chi connectivity index (χ1n) is 7.93. The van der Waals surface area contributed by atoms with E-state index in [4.69, 9.17) is 10.3 Å². The van der Waals surface area contributed by atoms with Gasteiger partial charge in [-0.05, 0) is 44.4 Å². The van der Waals surface area contributed by atoms with Crippen molar-refractivity contribution in [3.63, 3.8) is 0 Å². The van der Waals surface area contributed by atoms with Gasteiger partial charge >= 0.3 is 0 Å². The predicted molar refractivity (Wildman–Crippen MR) is 79.8 cm³/mol. The number of aromatic nitrogens is 1. The summed E-state index contributed by atoms with van der Waals surface area (Å²) in [6.07, 6.45) is 2.82. The number of hydrogen-bond acceptors (Lipinski definition) is 4. The van der Waals surface area contributed by atoms with Gasteiger partial charge in [0.25, 0.3) is 0 Å². The zero-order valence-corrected chi connectivity index (χ0v) is 13.1. The van der Waals surface area contributed by atoms with Gasteiger partial charge in [0.15, 0.2) is 0 Å². The van der Waals surface area contributed by atoms with Crippen LogP contribution in [-0.2, 0) is 4.79 Å². The van der Waals surface area contributed by atoms with Crippen LogP contribution in [0.15, 0.2) is 4.52 Å². The second-order valence-electron chi connectivity index (χ2n) is 6.81. The van der Waals surface area contributed by atoms with Crippen LogP contribution >= 0.6 is 0 Å². The first-order chi connectivity index (χ1) is 9.97. The summed E-state index contributed by atoms with van der Waals surface area (Å²) in [7, 11) is 0. The van der Waals surface area contributed by atoms with Crippen molar-refractivity contribution in [2.45, 2.75) is 52.0 Å². The standard InChI is InChI=1S/C16H25N3O2/c1-9(16-10(2)18-21-11(16)3)6-15(20)19-7-12-4-5-14(17)13(12)8-19/h9,12-14H,4-8,17H2,1-3H3. The van der Waals surface area contributed by atoms with E-state index in [0.717, 1.165) is 36.5 Å². The summed E-state index contributed by atoms with van der Waals surface area (Å²) in [6.45, 7) is 7.67. The zero-order chi connectivity index (χ0) is 15.1. The van der Waals surface area contributed by atoms with Gasteiger partial charge in [-0.15, -0.1) is 0 Å². The Kier molecular flexibility index (Phi) is 3.78. The molecule has 1 aromatic heterocycles. The second-order valence-corrected chi connectivity index (χ2v) is 6.81. The zero-order valence-electron chi connectivity index (χ0n) is 13.1. The molecular formula is C16H25N3O2. The summed E-state index contributed by atoms with van der Waals surface area (Å²) in [5, 5.41) is 3.98. The van der Waals surface area contributed by atoms with Gasteiger partial charge in [-0.1, -0.05) is 12.1 Å². The van der Waals surface area contributed by atoms with Crippen LogP contribution in [0.5, 0.6) is 0 Å². The summed E-state index contributed by atoms with van der Waals surface area (Å²) in [5.41, 5.74) is 8.12. The van der Waals surface area contributed by atoms with Crippen molar-refractivity contribution >= 4 is 5.91 Å². The lowest BCUT2D eigenvalue weighted by molar-refractivity contribution is -0.130. The number of carbonyl (C=O) groups excluding carboxylic acids is 1. The van der Waals surface area contributed by atoms with Crippen LogP contribution in [0, 0.1) is 25.7 Å². The van der Waals surface area contributed by atoms with Gasteiger partial charge in [0, 0.05) is 31.1 Å². The van der Waals surface area contributed by atoms with Crippen LogP contribution in [0.1, 0.15) is 49.1 Å². The van der Waals surface area contributed by atoms with Crippen LogP contribution in [-0.4, -0.2) is 35.1 Å². The largest absolute Gasteiger partial charge is 0.361 e. The highest BCUT2D eigenvalue weighted by Gasteiger charge is 2.42. The molecule has 2 fully saturated rings. The quantitative estimate of drug-likeness (QED) is 0.924. The van der Waals surface area contributed by atoms with Crippen molar-refractivity contribution in [2.75, 3.05) is 13.1 Å². The molecule has 1 aliphatic carbocycles. The van der Waals surface area contributed by atoms with E-state index in [1.165, 1.54) is 6.42 Å². The van der Waals surface area contributed by atoms with Crippen molar-refractivity contribution < 1.29 is 9.32 Å². The van der Waals surface area contributed by atoms with Crippen molar-refractivity contribution in [1.29, 1.82) is 0 Å². The second kappa shape index (κ2) is 5.44. The Morgan fingerprint density at radius 2 is 2.19 bits per heavy atom. The van der Waals surface area contributed by atoms with Gasteiger partial charge in [0.05, 0.1) is 5.69 Å². The third-order valence-corrected chi connectivity index (χ3v) is 5.33. The number of aryl methyl sites for hydroxylation is 2. The minimum Gasteiger partial charge on any atom is -0.361 e. The summed E-state index contributed by atoms with van der Waals surface area (Å²) in [5.74, 6) is 2.36. The number of carbonyl (C=O) groups is 1. The van der Waals surface area contributed by atoms with Gasteiger partial charge < -0.3 is 15.2 Å². The van der Waals surface area contributed by atoms with Crippen LogP contribution in [0.25, 0.3) is 0 Å². The smallest absolute Gasteiger partial charge is 0.223 e. The Morgan fingerprint density at radius 3 is 2.81 bits per heavy atom. The molecule has 2 aliphatic rings. The molecule has 1 saturated carbocycles. The van der Waals surface area contributed by atoms with E-state index in [9.17, 15) is 4.79 Å². The van der Waals surface area contributed by atoms with Gasteiger partial charge in [0.1, 0.15) is 5.76 Å². The van der Waals surface area contributed by atoms with Crippen LogP contribution in [0.3, 0.4) is 0 Å². The molecule has 3 rings (SSSR count). The molecule has 5 heteroatoms. The number of rotatable bonds is 3. The summed E-state index contributed by atoms with van der Waals surface area (Å²) >= 11 is 0. The molecule has 5 nitrogen and oxygen atoms in total. The molecule has 0 aromatic carbocycles. The van der Waals surface area contributed by atoms with E-state index in [2.05, 4.69) is 12.1 Å². The van der Waals surface area contributed by atoms with E-state index in [1.807, 2.05) is 18.7 Å². The molecule has 1 aliphatic heterocycles. The highest BCUT2D eigenvalue weighted by Crippen LogP contribution is 2.38. The van der Waals surface area contributed by atoms with E-state index in [-0.39, 0.29) is 17.9 Å². The molecule has 0 radical (unpaired) electrons. The topological polar surface area (TPSA) is 72.4 Å². The average molecular weight is 291 g/mol. The summed E-state index contributed by atoms with van der Waals surface area (Å²) in [6, 6.07) is 0.285. The molecule has 2 N–H and O–H groups in total. The maximum atomic E-state index is 12.5. The summed E-state index contributed by atoms with van der Waals surface area (Å²) < 4.78 is 5.21. The maximum absolute atomic E-state index is 12.5. The van der Waals surface area contributed by atoms with Crippen LogP contribution < -0.4 is 5.73 Å². The van der Waals surface area contributed by atoms with E-state index < -0.39 is 0 Å². The number of nitrogens with two attached hydrogens (primary N) is 1. The van der Waals surface area contributed by atoms with Crippen LogP contribution in [0.4, 0.5) is 0 Å². The molecule has 1 saturated heterocycles. The van der Waals surface area contributed by atoms with E-state index in [1.54, 1.807) is 0 Å². The molecular weight excluding hydrogens is 266 g/mol. The van der Waals surface area contributed by atoms with Crippen LogP contribution in [0.2, 0.25) is 0 Å². The fourth-order valence-corrected chi connectivity index (χ4v) is 4.20. The number of likely N-dealkylation sites (tertiary alicyclic amines) is 1. The van der Waals surface area contributed by atoms with E-state index >= 15 is 0 Å². The lowest BCUT2D eigenvalue weighted by Crippen LogP contribution is -2.34. The molecule has 0 bridgehead atoms. The lowest BCUT2D eigenvalue weighted by atomic mass is 9.95.